The standard InChI is InChI=1S/C9H10N2O3/c1-2-3-11-8(12)6-4-14-5-7(6)10-9(11)13/h4-5H,2-3H2,1H3,(H,10,13). The molecule has 0 fully saturated rings. The third-order valence-corrected chi connectivity index (χ3v) is 2.07. The zero-order chi connectivity index (χ0) is 10.1. The fourth-order valence-electron chi connectivity index (χ4n) is 1.41. The highest BCUT2D eigenvalue weighted by Gasteiger charge is 2.07. The Morgan fingerprint density at radius 2 is 2.21 bits per heavy atom. The number of fused-ring (bicyclic) bond motifs is 1. The molecule has 5 heteroatoms. The van der Waals surface area contributed by atoms with Crippen LogP contribution in [-0.2, 0) is 6.54 Å². The van der Waals surface area contributed by atoms with Crippen molar-refractivity contribution < 1.29 is 4.42 Å². The number of aromatic nitrogens is 2. The molecule has 0 spiro atoms. The van der Waals surface area contributed by atoms with E-state index in [0.717, 1.165) is 6.42 Å². The Morgan fingerprint density at radius 1 is 1.43 bits per heavy atom. The first kappa shape index (κ1) is 8.80. The van der Waals surface area contributed by atoms with Gasteiger partial charge in [-0.2, -0.15) is 0 Å². The van der Waals surface area contributed by atoms with Gasteiger partial charge in [0.25, 0.3) is 5.56 Å². The zero-order valence-electron chi connectivity index (χ0n) is 7.74. The van der Waals surface area contributed by atoms with Crippen LogP contribution in [0.4, 0.5) is 0 Å². The number of nitrogens with one attached hydrogen (secondary N) is 1. The molecule has 14 heavy (non-hydrogen) atoms. The van der Waals surface area contributed by atoms with Crippen molar-refractivity contribution in [1.29, 1.82) is 0 Å². The summed E-state index contributed by atoms with van der Waals surface area (Å²) in [5, 5.41) is 0.415. The lowest BCUT2D eigenvalue weighted by atomic mass is 10.4. The number of hydrogen-bond donors (Lipinski definition) is 1. The van der Waals surface area contributed by atoms with E-state index in [0.29, 0.717) is 17.4 Å². The third-order valence-electron chi connectivity index (χ3n) is 2.07. The van der Waals surface area contributed by atoms with Crippen LogP contribution in [0.1, 0.15) is 13.3 Å². The van der Waals surface area contributed by atoms with Gasteiger partial charge in [0.1, 0.15) is 17.9 Å². The summed E-state index contributed by atoms with van der Waals surface area (Å²) in [6, 6.07) is 0. The average Bonchev–Trinajstić information content (AvgIpc) is 2.60. The maximum absolute atomic E-state index is 11.7. The highest BCUT2D eigenvalue weighted by Crippen LogP contribution is 2.04. The van der Waals surface area contributed by atoms with Gasteiger partial charge in [0.15, 0.2) is 0 Å². The summed E-state index contributed by atoms with van der Waals surface area (Å²) in [5.41, 5.74) is -0.225. The highest BCUT2D eigenvalue weighted by molar-refractivity contribution is 5.75. The van der Waals surface area contributed by atoms with Crippen molar-refractivity contribution in [1.82, 2.24) is 9.55 Å². The lowest BCUT2D eigenvalue weighted by molar-refractivity contribution is 0.571. The molecule has 1 N–H and O–H groups in total. The molecule has 0 atom stereocenters. The smallest absolute Gasteiger partial charge is 0.328 e. The van der Waals surface area contributed by atoms with Crippen LogP contribution in [0.5, 0.6) is 0 Å². The Morgan fingerprint density at radius 3 is 2.93 bits per heavy atom. The van der Waals surface area contributed by atoms with Crippen molar-refractivity contribution in [3.8, 4) is 0 Å². The van der Waals surface area contributed by atoms with E-state index in [-0.39, 0.29) is 11.2 Å². The van der Waals surface area contributed by atoms with E-state index < -0.39 is 0 Å². The van der Waals surface area contributed by atoms with Gasteiger partial charge in [-0.1, -0.05) is 6.92 Å². The predicted molar refractivity (Wildman–Crippen MR) is 51.4 cm³/mol. The van der Waals surface area contributed by atoms with E-state index in [9.17, 15) is 9.59 Å². The molecule has 0 aliphatic heterocycles. The summed E-state index contributed by atoms with van der Waals surface area (Å²) in [4.78, 5) is 25.7. The minimum Gasteiger partial charge on any atom is -0.470 e. The summed E-state index contributed by atoms with van der Waals surface area (Å²) in [7, 11) is 0. The van der Waals surface area contributed by atoms with Gasteiger partial charge >= 0.3 is 5.69 Å². The molecule has 0 aromatic carbocycles. The fraction of sp³-hybridized carbons (Fsp3) is 0.333. The molecule has 0 radical (unpaired) electrons. The zero-order valence-corrected chi connectivity index (χ0v) is 7.74. The van der Waals surface area contributed by atoms with Gasteiger partial charge in [0.2, 0.25) is 0 Å². The molecule has 0 aliphatic rings. The molecule has 0 unspecified atom stereocenters. The van der Waals surface area contributed by atoms with Gasteiger partial charge in [-0.25, -0.2) is 4.79 Å². The SMILES string of the molecule is CCCn1c(=O)[nH]c2cocc2c1=O. The number of hydrogen-bond acceptors (Lipinski definition) is 3. The molecular formula is C9H10N2O3. The first-order chi connectivity index (χ1) is 6.74. The minimum atomic E-state index is -0.384. The van der Waals surface area contributed by atoms with Crippen molar-refractivity contribution in [2.24, 2.45) is 0 Å². The molecule has 0 saturated heterocycles. The van der Waals surface area contributed by atoms with Crippen LogP contribution in [0.2, 0.25) is 0 Å². The lowest BCUT2D eigenvalue weighted by Gasteiger charge is -2.00. The lowest BCUT2D eigenvalue weighted by Crippen LogP contribution is -2.34. The highest BCUT2D eigenvalue weighted by atomic mass is 16.3. The van der Waals surface area contributed by atoms with Crippen LogP contribution < -0.4 is 11.2 Å². The second kappa shape index (κ2) is 3.17. The van der Waals surface area contributed by atoms with Crippen molar-refractivity contribution in [3.05, 3.63) is 33.4 Å². The summed E-state index contributed by atoms with van der Waals surface area (Å²) in [6.45, 7) is 2.33. The molecule has 74 valence electrons. The van der Waals surface area contributed by atoms with E-state index in [4.69, 9.17) is 4.42 Å². The van der Waals surface area contributed by atoms with Crippen LogP contribution in [0, 0.1) is 0 Å². The summed E-state index contributed by atoms with van der Waals surface area (Å²) in [5.74, 6) is 0. The maximum atomic E-state index is 11.7. The quantitative estimate of drug-likeness (QED) is 0.764. The molecular weight excluding hydrogens is 184 g/mol. The minimum absolute atomic E-state index is 0.292. The van der Waals surface area contributed by atoms with Crippen molar-refractivity contribution >= 4 is 10.9 Å². The molecule has 2 heterocycles. The van der Waals surface area contributed by atoms with Gasteiger partial charge in [0.05, 0.1) is 5.52 Å². The number of H-pyrrole nitrogens is 1. The first-order valence-corrected chi connectivity index (χ1v) is 4.43. The van der Waals surface area contributed by atoms with E-state index in [1.807, 2.05) is 6.92 Å². The van der Waals surface area contributed by atoms with E-state index in [2.05, 4.69) is 4.98 Å². The van der Waals surface area contributed by atoms with Crippen molar-refractivity contribution in [2.75, 3.05) is 0 Å². The second-order valence-electron chi connectivity index (χ2n) is 3.09. The summed E-state index contributed by atoms with van der Waals surface area (Å²) >= 11 is 0. The predicted octanol–water partition coefficient (Wildman–Crippen LogP) is 0.693. The number of furan rings is 1. The van der Waals surface area contributed by atoms with Crippen molar-refractivity contribution in [2.45, 2.75) is 19.9 Å². The average molecular weight is 194 g/mol. The Hall–Kier alpha value is -1.78. The molecule has 0 amide bonds. The Bertz CT molecular complexity index is 561. The summed E-state index contributed by atoms with van der Waals surface area (Å²) in [6.07, 6.45) is 3.44. The Labute approximate surface area is 79.0 Å². The Kier molecular flexibility index (Phi) is 1.99. The summed E-state index contributed by atoms with van der Waals surface area (Å²) < 4.78 is 6.03. The van der Waals surface area contributed by atoms with E-state index in [1.165, 1.54) is 17.1 Å². The third kappa shape index (κ3) is 1.17. The molecule has 5 nitrogen and oxygen atoms in total. The monoisotopic (exact) mass is 194 g/mol. The van der Waals surface area contributed by atoms with Gasteiger partial charge in [0, 0.05) is 6.54 Å². The fourth-order valence-corrected chi connectivity index (χ4v) is 1.41. The first-order valence-electron chi connectivity index (χ1n) is 4.43. The molecule has 0 saturated carbocycles. The molecule has 0 bridgehead atoms. The number of aromatic amines is 1. The van der Waals surface area contributed by atoms with Gasteiger partial charge in [-0.05, 0) is 6.42 Å². The van der Waals surface area contributed by atoms with Crippen molar-refractivity contribution in [3.63, 3.8) is 0 Å². The normalized spacial score (nSPS) is 10.9. The van der Waals surface area contributed by atoms with Gasteiger partial charge in [-0.15, -0.1) is 0 Å². The van der Waals surface area contributed by atoms with Crippen LogP contribution >= 0.6 is 0 Å². The van der Waals surface area contributed by atoms with Gasteiger partial charge < -0.3 is 9.40 Å². The number of nitrogens with zero attached hydrogens (tertiary/aromatic N) is 1. The largest absolute Gasteiger partial charge is 0.470 e. The Balaban J connectivity index is 2.83. The second-order valence-corrected chi connectivity index (χ2v) is 3.09. The van der Waals surface area contributed by atoms with Crippen LogP contribution in [-0.4, -0.2) is 9.55 Å². The topological polar surface area (TPSA) is 68.0 Å². The van der Waals surface area contributed by atoms with Crippen LogP contribution in [0.25, 0.3) is 10.9 Å². The number of rotatable bonds is 2. The van der Waals surface area contributed by atoms with E-state index >= 15 is 0 Å². The molecule has 2 rings (SSSR count). The maximum Gasteiger partial charge on any atom is 0.328 e. The van der Waals surface area contributed by atoms with Crippen LogP contribution in [0.3, 0.4) is 0 Å². The van der Waals surface area contributed by atoms with E-state index in [1.54, 1.807) is 0 Å². The molecule has 2 aromatic rings. The van der Waals surface area contributed by atoms with Crippen LogP contribution in [0.15, 0.2) is 26.5 Å². The van der Waals surface area contributed by atoms with Gasteiger partial charge in [-0.3, -0.25) is 9.36 Å². The molecule has 2 aromatic heterocycles. The molecule has 0 aliphatic carbocycles.